The van der Waals surface area contributed by atoms with Gasteiger partial charge in [0.15, 0.2) is 0 Å². The van der Waals surface area contributed by atoms with Crippen molar-refractivity contribution in [3.8, 4) is 11.1 Å². The lowest BCUT2D eigenvalue weighted by Crippen LogP contribution is -2.48. The molecule has 1 saturated heterocycles. The highest BCUT2D eigenvalue weighted by Gasteiger charge is 2.19. The van der Waals surface area contributed by atoms with E-state index in [4.69, 9.17) is 0 Å². The van der Waals surface area contributed by atoms with Crippen molar-refractivity contribution in [1.82, 2.24) is 30.2 Å². The molecule has 0 aliphatic carbocycles. The average molecular weight is 464 g/mol. The fourth-order valence-electron chi connectivity index (χ4n) is 4.47. The highest BCUT2D eigenvalue weighted by Crippen LogP contribution is 2.33. The topological polar surface area (TPSA) is 96.8 Å². The molecule has 1 amide bonds. The van der Waals surface area contributed by atoms with Gasteiger partial charge < -0.3 is 20.5 Å². The summed E-state index contributed by atoms with van der Waals surface area (Å²) in [5, 5.41) is 10.9. The van der Waals surface area contributed by atoms with E-state index in [9.17, 15) is 4.79 Å². The number of carbonyl (C=O) groups is 1. The molecule has 0 bridgehead atoms. The van der Waals surface area contributed by atoms with Crippen LogP contribution in [0.5, 0.6) is 0 Å². The minimum Gasteiger partial charge on any atom is -0.354 e. The summed E-state index contributed by atoms with van der Waals surface area (Å²) < 4.78 is 2.11. The first kappa shape index (κ1) is 21.2. The zero-order valence-corrected chi connectivity index (χ0v) is 19.3. The number of nitrogens with one attached hydrogen (secondary N) is 3. The van der Waals surface area contributed by atoms with Crippen molar-refractivity contribution in [2.75, 3.05) is 25.0 Å². The maximum Gasteiger partial charge on any atom is 0.253 e. The predicted octanol–water partition coefficient (Wildman–Crippen LogP) is 3.88. The van der Waals surface area contributed by atoms with E-state index in [0.717, 1.165) is 46.5 Å². The Kier molecular flexibility index (Phi) is 5.35. The highest BCUT2D eigenvalue weighted by molar-refractivity contribution is 6.01. The standard InChI is InChI=1S/C27H25N7O/c1-34-9-5-18-2-3-19(10-25(18)34)22-11-20(12-23-26(22)31-8-7-30-23)33-24-16-28-6-4-21(24)27(35)32-15-17-13-29-14-17/h2-12,16-17,29,33H,13-15H2,1H3,(H,32,35). The van der Waals surface area contributed by atoms with Crippen molar-refractivity contribution >= 4 is 39.2 Å². The number of benzene rings is 2. The predicted molar refractivity (Wildman–Crippen MR) is 138 cm³/mol. The molecule has 4 heterocycles. The molecular weight excluding hydrogens is 438 g/mol. The van der Waals surface area contributed by atoms with Crippen LogP contribution in [0.15, 0.2) is 73.4 Å². The minimum atomic E-state index is -0.114. The summed E-state index contributed by atoms with van der Waals surface area (Å²) in [5.41, 5.74) is 6.76. The second kappa shape index (κ2) is 8.81. The first-order valence-electron chi connectivity index (χ1n) is 11.7. The SMILES string of the molecule is Cn1ccc2ccc(-c3cc(Nc4cnccc4C(=O)NCC4CNC4)cc4nccnc34)cc21. The van der Waals surface area contributed by atoms with Gasteiger partial charge in [0, 0.05) is 74.2 Å². The summed E-state index contributed by atoms with van der Waals surface area (Å²) >= 11 is 0. The van der Waals surface area contributed by atoms with Gasteiger partial charge in [-0.3, -0.25) is 19.7 Å². The summed E-state index contributed by atoms with van der Waals surface area (Å²) in [5.74, 6) is 0.372. The Morgan fingerprint density at radius 1 is 1.09 bits per heavy atom. The largest absolute Gasteiger partial charge is 0.354 e. The second-order valence-electron chi connectivity index (χ2n) is 8.93. The number of amides is 1. The number of aromatic nitrogens is 4. The molecule has 3 N–H and O–H groups in total. The van der Waals surface area contributed by atoms with E-state index < -0.39 is 0 Å². The van der Waals surface area contributed by atoms with Gasteiger partial charge in [0.25, 0.3) is 5.91 Å². The molecule has 0 spiro atoms. The quantitative estimate of drug-likeness (QED) is 0.354. The third kappa shape index (κ3) is 4.08. The van der Waals surface area contributed by atoms with Crippen molar-refractivity contribution < 1.29 is 4.79 Å². The summed E-state index contributed by atoms with van der Waals surface area (Å²) in [7, 11) is 2.04. The molecule has 35 heavy (non-hydrogen) atoms. The molecule has 0 radical (unpaired) electrons. The Labute approximate surface area is 202 Å². The highest BCUT2D eigenvalue weighted by atomic mass is 16.1. The molecule has 1 aliphatic heterocycles. The summed E-state index contributed by atoms with van der Waals surface area (Å²) in [6, 6.07) is 14.2. The van der Waals surface area contributed by atoms with Gasteiger partial charge >= 0.3 is 0 Å². The number of pyridine rings is 1. The van der Waals surface area contributed by atoms with Crippen molar-refractivity contribution in [2.24, 2.45) is 13.0 Å². The Bertz CT molecular complexity index is 1550. The molecule has 8 nitrogen and oxygen atoms in total. The average Bonchev–Trinajstić information content (AvgIpc) is 3.23. The smallest absolute Gasteiger partial charge is 0.253 e. The summed E-state index contributed by atoms with van der Waals surface area (Å²) in [6.07, 6.45) is 8.77. The zero-order chi connectivity index (χ0) is 23.8. The molecule has 0 unspecified atom stereocenters. The van der Waals surface area contributed by atoms with Crippen LogP contribution in [-0.4, -0.2) is 45.1 Å². The molecule has 0 saturated carbocycles. The molecule has 8 heteroatoms. The molecular formula is C27H25N7O. The van der Waals surface area contributed by atoms with E-state index in [0.29, 0.717) is 23.7 Å². The third-order valence-corrected chi connectivity index (χ3v) is 6.53. The lowest BCUT2D eigenvalue weighted by atomic mass is 10.0. The Morgan fingerprint density at radius 3 is 2.83 bits per heavy atom. The number of nitrogens with zero attached hydrogens (tertiary/aromatic N) is 4. The Hall–Kier alpha value is -4.30. The van der Waals surface area contributed by atoms with Gasteiger partial charge in [-0.1, -0.05) is 12.1 Å². The maximum absolute atomic E-state index is 12.9. The van der Waals surface area contributed by atoms with E-state index in [-0.39, 0.29) is 5.91 Å². The van der Waals surface area contributed by atoms with Crippen LogP contribution < -0.4 is 16.0 Å². The summed E-state index contributed by atoms with van der Waals surface area (Å²) in [4.78, 5) is 26.3. The number of hydrogen-bond acceptors (Lipinski definition) is 6. The molecule has 1 aliphatic rings. The van der Waals surface area contributed by atoms with Gasteiger partial charge in [-0.2, -0.15) is 0 Å². The fourth-order valence-corrected chi connectivity index (χ4v) is 4.47. The first-order valence-corrected chi connectivity index (χ1v) is 11.7. The van der Waals surface area contributed by atoms with E-state index >= 15 is 0 Å². The van der Waals surface area contributed by atoms with Crippen molar-refractivity contribution in [3.05, 3.63) is 79.0 Å². The van der Waals surface area contributed by atoms with Gasteiger partial charge in [-0.15, -0.1) is 0 Å². The van der Waals surface area contributed by atoms with Gasteiger partial charge in [-0.25, -0.2) is 0 Å². The van der Waals surface area contributed by atoms with Gasteiger partial charge in [0.2, 0.25) is 0 Å². The van der Waals surface area contributed by atoms with Crippen LogP contribution >= 0.6 is 0 Å². The van der Waals surface area contributed by atoms with E-state index in [1.165, 1.54) is 5.39 Å². The zero-order valence-electron chi connectivity index (χ0n) is 19.3. The van der Waals surface area contributed by atoms with Gasteiger partial charge in [0.1, 0.15) is 0 Å². The first-order chi connectivity index (χ1) is 17.2. The number of carbonyl (C=O) groups excluding carboxylic acids is 1. The van der Waals surface area contributed by atoms with Crippen molar-refractivity contribution in [3.63, 3.8) is 0 Å². The number of rotatable bonds is 6. The van der Waals surface area contributed by atoms with E-state index in [1.54, 1.807) is 30.9 Å². The van der Waals surface area contributed by atoms with Crippen LogP contribution in [0, 0.1) is 5.92 Å². The van der Waals surface area contributed by atoms with Crippen LogP contribution in [0.2, 0.25) is 0 Å². The number of aryl methyl sites for hydroxylation is 1. The minimum absolute atomic E-state index is 0.114. The third-order valence-electron chi connectivity index (χ3n) is 6.53. The van der Waals surface area contributed by atoms with Gasteiger partial charge in [0.05, 0.1) is 28.5 Å². The van der Waals surface area contributed by atoms with Crippen molar-refractivity contribution in [2.45, 2.75) is 0 Å². The van der Waals surface area contributed by atoms with Crippen LogP contribution in [0.1, 0.15) is 10.4 Å². The molecule has 2 aromatic carbocycles. The van der Waals surface area contributed by atoms with Crippen LogP contribution in [0.3, 0.4) is 0 Å². The molecule has 5 aromatic rings. The second-order valence-corrected chi connectivity index (χ2v) is 8.93. The van der Waals surface area contributed by atoms with Crippen LogP contribution in [-0.2, 0) is 7.05 Å². The lowest BCUT2D eigenvalue weighted by Gasteiger charge is -2.27. The molecule has 3 aromatic heterocycles. The lowest BCUT2D eigenvalue weighted by molar-refractivity contribution is 0.0943. The Balaban J connectivity index is 1.38. The maximum atomic E-state index is 12.9. The van der Waals surface area contributed by atoms with E-state index in [1.807, 2.05) is 13.1 Å². The fraction of sp³-hybridized carbons (Fsp3) is 0.185. The van der Waals surface area contributed by atoms with Crippen molar-refractivity contribution in [1.29, 1.82) is 0 Å². The van der Waals surface area contributed by atoms with Gasteiger partial charge in [-0.05, 0) is 41.3 Å². The monoisotopic (exact) mass is 463 g/mol. The number of fused-ring (bicyclic) bond motifs is 2. The Morgan fingerprint density at radius 2 is 1.97 bits per heavy atom. The normalized spacial score (nSPS) is 13.6. The molecule has 1 fully saturated rings. The van der Waals surface area contributed by atoms with Crippen LogP contribution in [0.4, 0.5) is 11.4 Å². The van der Waals surface area contributed by atoms with E-state index in [2.05, 4.69) is 72.0 Å². The molecule has 0 atom stereocenters. The molecule has 6 rings (SSSR count). The number of hydrogen-bond donors (Lipinski definition) is 3. The summed E-state index contributed by atoms with van der Waals surface area (Å²) in [6.45, 7) is 2.54. The van der Waals surface area contributed by atoms with Crippen LogP contribution in [0.25, 0.3) is 33.1 Å². The molecule has 174 valence electrons. The number of anilines is 2.